The maximum atomic E-state index is 13.0. The van der Waals surface area contributed by atoms with Crippen molar-refractivity contribution < 1.29 is 28.6 Å². The maximum Gasteiger partial charge on any atom is 0.414 e. The Bertz CT molecular complexity index is 1050. The zero-order valence-corrected chi connectivity index (χ0v) is 17.9. The van der Waals surface area contributed by atoms with Gasteiger partial charge < -0.3 is 29.7 Å². The fraction of sp³-hybridized carbons (Fsp3) is 0.318. The number of thiophene rings is 1. The van der Waals surface area contributed by atoms with Crippen molar-refractivity contribution in [3.05, 3.63) is 41.3 Å². The third-order valence-corrected chi connectivity index (χ3v) is 6.03. The van der Waals surface area contributed by atoms with Crippen molar-refractivity contribution in [1.82, 2.24) is 5.32 Å². The summed E-state index contributed by atoms with van der Waals surface area (Å²) in [5, 5.41) is 5.79. The van der Waals surface area contributed by atoms with Crippen LogP contribution in [0.15, 0.2) is 36.4 Å². The van der Waals surface area contributed by atoms with Crippen molar-refractivity contribution in [2.75, 3.05) is 43.2 Å². The molecule has 2 aliphatic rings. The summed E-state index contributed by atoms with van der Waals surface area (Å²) < 4.78 is 15.8. The highest BCUT2D eigenvalue weighted by Gasteiger charge is 2.44. The average Bonchev–Trinajstić information content (AvgIpc) is 3.45. The van der Waals surface area contributed by atoms with Gasteiger partial charge in [0.25, 0.3) is 11.8 Å². The Kier molecular flexibility index (Phi) is 6.41. The second kappa shape index (κ2) is 9.40. The first-order chi connectivity index (χ1) is 15.5. The monoisotopic (exact) mass is 455 g/mol. The molecule has 1 aromatic carbocycles. The Balaban J connectivity index is 1.41. The number of morpholine rings is 1. The molecule has 1 aromatic heterocycles. The molecule has 0 spiro atoms. The molecule has 2 aromatic rings. The lowest BCUT2D eigenvalue weighted by molar-refractivity contribution is -0.125. The van der Waals surface area contributed by atoms with Gasteiger partial charge in [0.2, 0.25) is 0 Å². The van der Waals surface area contributed by atoms with E-state index in [0.717, 1.165) is 17.0 Å². The van der Waals surface area contributed by atoms with Crippen LogP contribution in [0.25, 0.3) is 0 Å². The highest BCUT2D eigenvalue weighted by Crippen LogP contribution is 2.26. The number of carbonyl (C=O) groups excluding carboxylic acids is 3. The SMILES string of the molecule is C#Cc1ccc(OC(=O)NC2(C(=O)Nc3ccc(N4CCOCC4=O)cc3)CCOC2)s1. The second-order valence-corrected chi connectivity index (χ2v) is 8.31. The average molecular weight is 455 g/mol. The molecule has 0 aliphatic carbocycles. The number of terminal acetylenes is 1. The fourth-order valence-corrected chi connectivity index (χ4v) is 4.10. The van der Waals surface area contributed by atoms with Crippen LogP contribution in [0.1, 0.15) is 11.3 Å². The van der Waals surface area contributed by atoms with E-state index in [1.165, 1.54) is 0 Å². The van der Waals surface area contributed by atoms with Crippen molar-refractivity contribution in [2.45, 2.75) is 12.0 Å². The van der Waals surface area contributed by atoms with Crippen molar-refractivity contribution in [3.8, 4) is 17.4 Å². The number of anilines is 2. The molecule has 10 heteroatoms. The maximum absolute atomic E-state index is 13.0. The van der Waals surface area contributed by atoms with Gasteiger partial charge in [-0.3, -0.25) is 9.59 Å². The van der Waals surface area contributed by atoms with Gasteiger partial charge in [0, 0.05) is 30.9 Å². The standard InChI is InChI=1S/C22H21N3O6S/c1-2-17-7-8-19(32-17)31-21(28)24-22(9-11-30-14-22)20(27)23-15-3-5-16(6-4-15)25-10-12-29-13-18(25)26/h1,3-8H,9-14H2,(H,23,27)(H,24,28). The second-order valence-electron chi connectivity index (χ2n) is 7.26. The summed E-state index contributed by atoms with van der Waals surface area (Å²) in [6.07, 6.45) is 4.86. The van der Waals surface area contributed by atoms with Gasteiger partial charge in [-0.2, -0.15) is 0 Å². The van der Waals surface area contributed by atoms with Crippen LogP contribution >= 0.6 is 11.3 Å². The summed E-state index contributed by atoms with van der Waals surface area (Å²) in [5.41, 5.74) is -0.0145. The molecule has 9 nitrogen and oxygen atoms in total. The number of nitrogens with one attached hydrogen (secondary N) is 2. The van der Waals surface area contributed by atoms with E-state index in [1.807, 2.05) is 0 Å². The van der Waals surface area contributed by atoms with E-state index >= 15 is 0 Å². The first kappa shape index (κ1) is 21.8. The molecule has 1 atom stereocenters. The molecular weight excluding hydrogens is 434 g/mol. The van der Waals surface area contributed by atoms with E-state index in [0.29, 0.717) is 41.8 Å². The van der Waals surface area contributed by atoms with Crippen LogP contribution in [0.3, 0.4) is 0 Å². The van der Waals surface area contributed by atoms with Crippen LogP contribution in [0.2, 0.25) is 0 Å². The molecule has 4 rings (SSSR count). The van der Waals surface area contributed by atoms with Gasteiger partial charge in [0.15, 0.2) is 5.06 Å². The molecular formula is C22H21N3O6S. The highest BCUT2D eigenvalue weighted by atomic mass is 32.1. The first-order valence-electron chi connectivity index (χ1n) is 9.93. The van der Waals surface area contributed by atoms with E-state index < -0.39 is 17.5 Å². The minimum atomic E-state index is -1.26. The Labute approximate surface area is 188 Å². The normalized spacial score (nSPS) is 20.5. The molecule has 2 N–H and O–H groups in total. The molecule has 166 valence electrons. The predicted molar refractivity (Wildman–Crippen MR) is 118 cm³/mol. The van der Waals surface area contributed by atoms with E-state index in [-0.39, 0.29) is 19.1 Å². The lowest BCUT2D eigenvalue weighted by Gasteiger charge is -2.28. The quantitative estimate of drug-likeness (QED) is 0.668. The molecule has 32 heavy (non-hydrogen) atoms. The summed E-state index contributed by atoms with van der Waals surface area (Å²) in [5.74, 6) is 1.94. The van der Waals surface area contributed by atoms with Crippen LogP contribution in [0.5, 0.6) is 5.06 Å². The summed E-state index contributed by atoms with van der Waals surface area (Å²) >= 11 is 1.16. The number of rotatable bonds is 5. The van der Waals surface area contributed by atoms with Gasteiger partial charge in [0.05, 0.1) is 18.1 Å². The van der Waals surface area contributed by atoms with Gasteiger partial charge in [-0.25, -0.2) is 4.79 Å². The van der Waals surface area contributed by atoms with E-state index in [1.54, 1.807) is 41.3 Å². The van der Waals surface area contributed by atoms with E-state index in [4.69, 9.17) is 20.6 Å². The minimum absolute atomic E-state index is 0.0222. The first-order valence-corrected chi connectivity index (χ1v) is 10.7. The van der Waals surface area contributed by atoms with E-state index in [2.05, 4.69) is 16.6 Å². The number of hydrogen-bond acceptors (Lipinski definition) is 7. The number of hydrogen-bond donors (Lipinski definition) is 2. The Morgan fingerprint density at radius 2 is 1.97 bits per heavy atom. The number of nitrogens with zero attached hydrogens (tertiary/aromatic N) is 1. The molecule has 1 unspecified atom stereocenters. The highest BCUT2D eigenvalue weighted by molar-refractivity contribution is 7.14. The minimum Gasteiger partial charge on any atom is -0.399 e. The van der Waals surface area contributed by atoms with Crippen LogP contribution < -0.4 is 20.3 Å². The molecule has 2 saturated heterocycles. The predicted octanol–water partition coefficient (Wildman–Crippen LogP) is 1.98. The van der Waals surface area contributed by atoms with Gasteiger partial charge in [-0.05, 0) is 36.4 Å². The number of benzene rings is 1. The number of ether oxygens (including phenoxy) is 3. The Morgan fingerprint density at radius 1 is 1.16 bits per heavy atom. The molecule has 0 saturated carbocycles. The van der Waals surface area contributed by atoms with Crippen LogP contribution in [-0.2, 0) is 19.1 Å². The summed E-state index contributed by atoms with van der Waals surface area (Å²) in [6.45, 7) is 1.35. The van der Waals surface area contributed by atoms with Crippen molar-refractivity contribution in [3.63, 3.8) is 0 Å². The topological polar surface area (TPSA) is 106 Å². The van der Waals surface area contributed by atoms with Gasteiger partial charge in [0.1, 0.15) is 12.1 Å². The Hall–Kier alpha value is -3.39. The number of carbonyl (C=O) groups is 3. The fourth-order valence-electron chi connectivity index (χ4n) is 3.43. The number of amides is 3. The molecule has 2 fully saturated rings. The molecule has 3 heterocycles. The lowest BCUT2D eigenvalue weighted by atomic mass is 9.97. The third-order valence-electron chi connectivity index (χ3n) is 5.14. The summed E-state index contributed by atoms with van der Waals surface area (Å²) in [4.78, 5) is 39.7. The zero-order chi connectivity index (χ0) is 22.6. The van der Waals surface area contributed by atoms with Crippen LogP contribution in [-0.4, -0.2) is 56.4 Å². The van der Waals surface area contributed by atoms with E-state index in [9.17, 15) is 14.4 Å². The molecule has 0 radical (unpaired) electrons. The van der Waals surface area contributed by atoms with Crippen LogP contribution in [0, 0.1) is 12.3 Å². The zero-order valence-electron chi connectivity index (χ0n) is 17.1. The van der Waals surface area contributed by atoms with Crippen molar-refractivity contribution in [2.24, 2.45) is 0 Å². The van der Waals surface area contributed by atoms with Crippen molar-refractivity contribution >= 4 is 40.6 Å². The molecule has 2 aliphatic heterocycles. The van der Waals surface area contributed by atoms with Crippen molar-refractivity contribution in [1.29, 1.82) is 0 Å². The summed E-state index contributed by atoms with van der Waals surface area (Å²) in [7, 11) is 0. The largest absolute Gasteiger partial charge is 0.414 e. The lowest BCUT2D eigenvalue weighted by Crippen LogP contribution is -2.58. The van der Waals surface area contributed by atoms with Gasteiger partial charge in [-0.1, -0.05) is 17.3 Å². The Morgan fingerprint density at radius 3 is 2.62 bits per heavy atom. The smallest absolute Gasteiger partial charge is 0.399 e. The summed E-state index contributed by atoms with van der Waals surface area (Å²) in [6, 6.07) is 10.2. The molecule has 3 amide bonds. The van der Waals surface area contributed by atoms with Crippen LogP contribution in [0.4, 0.5) is 16.2 Å². The third kappa shape index (κ3) is 4.75. The van der Waals surface area contributed by atoms with Gasteiger partial charge in [-0.15, -0.1) is 6.42 Å². The van der Waals surface area contributed by atoms with Gasteiger partial charge >= 0.3 is 6.09 Å². The molecule has 0 bridgehead atoms.